The van der Waals surface area contributed by atoms with Gasteiger partial charge in [-0.1, -0.05) is 90.9 Å². The van der Waals surface area contributed by atoms with Crippen LogP contribution in [0.3, 0.4) is 0 Å². The van der Waals surface area contributed by atoms with Crippen LogP contribution in [0.5, 0.6) is 5.75 Å². The number of aryl methyl sites for hydroxylation is 1. The summed E-state index contributed by atoms with van der Waals surface area (Å²) in [6.45, 7) is 13.0. The number of phenols is 1. The Kier molecular flexibility index (Phi) is 12.0. The van der Waals surface area contributed by atoms with Crippen LogP contribution in [0.2, 0.25) is 0 Å². The van der Waals surface area contributed by atoms with E-state index in [4.69, 9.17) is 21.4 Å². The summed E-state index contributed by atoms with van der Waals surface area (Å²) in [5.41, 5.74) is 1.64. The van der Waals surface area contributed by atoms with E-state index in [0.29, 0.717) is 5.75 Å². The molecule has 8 heteroatoms. The third kappa shape index (κ3) is 7.69. The first-order chi connectivity index (χ1) is 18.2. The van der Waals surface area contributed by atoms with Gasteiger partial charge in [0.15, 0.2) is 5.78 Å². The highest BCUT2D eigenvalue weighted by Gasteiger charge is 2.48. The van der Waals surface area contributed by atoms with Crippen molar-refractivity contribution in [1.82, 2.24) is 5.32 Å². The van der Waals surface area contributed by atoms with E-state index in [2.05, 4.69) is 34.4 Å². The predicted molar refractivity (Wildman–Crippen MR) is 159 cm³/mol. The number of halogens is 2. The number of ether oxygens (including phenoxy) is 1. The van der Waals surface area contributed by atoms with E-state index < -0.39 is 17.6 Å². The standard InChI is InChI=1S/C21H17BrClNO3S.C7H8O.C2H6/c1-3-4-18(13(2)23)27-19-17(25)11-21(24-20(19)26,15-9-10-28-12-15)14-5-7-16(22)8-6-14;1-6-4-2-3-5-7(6)8;1-2/h3-10,12,19H,1-2,11H2,(H,24,26);2-5,8H,1H3;1-2H3/b18-4+;;. The largest absolute Gasteiger partial charge is 0.508 e. The molecule has 1 saturated heterocycles. The van der Waals surface area contributed by atoms with Gasteiger partial charge in [-0.3, -0.25) is 9.59 Å². The Morgan fingerprint density at radius 3 is 2.29 bits per heavy atom. The van der Waals surface area contributed by atoms with Crippen molar-refractivity contribution in [2.45, 2.75) is 38.8 Å². The predicted octanol–water partition coefficient (Wildman–Crippen LogP) is 7.78. The van der Waals surface area contributed by atoms with Gasteiger partial charge in [0.25, 0.3) is 5.91 Å². The number of hydrogen-bond acceptors (Lipinski definition) is 5. The van der Waals surface area contributed by atoms with Crippen LogP contribution in [0.15, 0.2) is 106 Å². The molecule has 5 nitrogen and oxygen atoms in total. The number of rotatable bonds is 6. The van der Waals surface area contributed by atoms with Crippen molar-refractivity contribution in [3.05, 3.63) is 123 Å². The first kappa shape index (κ1) is 31.1. The fraction of sp³-hybridized carbons (Fsp3) is 0.200. The zero-order chi connectivity index (χ0) is 28.3. The molecule has 1 aromatic heterocycles. The van der Waals surface area contributed by atoms with Gasteiger partial charge in [0.2, 0.25) is 6.10 Å². The van der Waals surface area contributed by atoms with Gasteiger partial charge in [-0.15, -0.1) is 0 Å². The summed E-state index contributed by atoms with van der Waals surface area (Å²) in [4.78, 5) is 25.9. The smallest absolute Gasteiger partial charge is 0.269 e. The summed E-state index contributed by atoms with van der Waals surface area (Å²) in [5.74, 6) is -0.367. The number of para-hydroxylation sites is 1. The third-order valence-electron chi connectivity index (χ3n) is 5.55. The Morgan fingerprint density at radius 2 is 1.82 bits per heavy atom. The van der Waals surface area contributed by atoms with Gasteiger partial charge in [0, 0.05) is 10.9 Å². The van der Waals surface area contributed by atoms with E-state index in [0.717, 1.165) is 21.2 Å². The average molecular weight is 617 g/mol. The van der Waals surface area contributed by atoms with Gasteiger partial charge in [0.05, 0.1) is 10.6 Å². The fourth-order valence-corrected chi connectivity index (χ4v) is 4.79. The zero-order valence-corrected chi connectivity index (χ0v) is 24.7. The van der Waals surface area contributed by atoms with Crippen molar-refractivity contribution in [2.24, 2.45) is 0 Å². The molecule has 2 aromatic carbocycles. The van der Waals surface area contributed by atoms with Crippen LogP contribution in [0, 0.1) is 6.92 Å². The Bertz CT molecular complexity index is 1250. The number of hydrogen-bond donors (Lipinski definition) is 2. The summed E-state index contributed by atoms with van der Waals surface area (Å²) >= 11 is 10.8. The third-order valence-corrected chi connectivity index (χ3v) is 6.95. The molecule has 1 amide bonds. The van der Waals surface area contributed by atoms with E-state index in [1.165, 1.54) is 23.5 Å². The molecule has 0 bridgehead atoms. The van der Waals surface area contributed by atoms with Crippen LogP contribution in [-0.4, -0.2) is 22.9 Å². The quantitative estimate of drug-likeness (QED) is 0.169. The maximum absolute atomic E-state index is 13.0. The Hall–Kier alpha value is -3.13. The Labute approximate surface area is 241 Å². The van der Waals surface area contributed by atoms with E-state index in [-0.39, 0.29) is 23.0 Å². The van der Waals surface area contributed by atoms with E-state index in [1.54, 1.807) is 6.07 Å². The van der Waals surface area contributed by atoms with E-state index >= 15 is 0 Å². The minimum atomic E-state index is -1.30. The van der Waals surface area contributed by atoms with Gasteiger partial charge < -0.3 is 15.2 Å². The van der Waals surface area contributed by atoms with Gasteiger partial charge in [-0.05, 0) is 64.7 Å². The minimum absolute atomic E-state index is 0.0535. The Morgan fingerprint density at radius 1 is 1.16 bits per heavy atom. The summed E-state index contributed by atoms with van der Waals surface area (Å²) in [7, 11) is 0. The van der Waals surface area contributed by atoms with Gasteiger partial charge in [0.1, 0.15) is 11.5 Å². The molecule has 0 spiro atoms. The first-order valence-corrected chi connectivity index (χ1v) is 14.0. The Balaban J connectivity index is 0.000000428. The fourth-order valence-electron chi connectivity index (χ4n) is 3.69. The monoisotopic (exact) mass is 615 g/mol. The molecule has 38 heavy (non-hydrogen) atoms. The van der Waals surface area contributed by atoms with Crippen molar-refractivity contribution in [3.63, 3.8) is 0 Å². The molecule has 2 N–H and O–H groups in total. The van der Waals surface area contributed by atoms with E-state index in [1.807, 2.05) is 80.1 Å². The molecule has 0 saturated carbocycles. The van der Waals surface area contributed by atoms with Crippen LogP contribution in [-0.2, 0) is 19.9 Å². The van der Waals surface area contributed by atoms with Gasteiger partial charge in [-0.2, -0.15) is 11.3 Å². The number of carbonyl (C=O) groups is 2. The molecule has 3 aromatic rings. The second-order valence-corrected chi connectivity index (χ2v) is 10.2. The highest BCUT2D eigenvalue weighted by atomic mass is 79.9. The molecule has 1 aliphatic rings. The number of thiophene rings is 1. The number of phenolic OH excluding ortho intramolecular Hbond substituents is 1. The second-order valence-electron chi connectivity index (χ2n) is 8.01. The molecule has 4 rings (SSSR count). The van der Waals surface area contributed by atoms with Gasteiger partial charge >= 0.3 is 0 Å². The normalized spacial score (nSPS) is 18.7. The molecule has 1 aliphatic heterocycles. The van der Waals surface area contributed by atoms with Crippen LogP contribution in [0.25, 0.3) is 0 Å². The number of carbonyl (C=O) groups excluding carboxylic acids is 2. The SMILES string of the molecule is C=C/C=C(/OC1C(=O)CC(c2ccc(Br)cc2)(c2ccsc2)NC1=O)C(=C)Cl.CC.Cc1ccccc1O. The lowest BCUT2D eigenvalue weighted by molar-refractivity contribution is -0.147. The first-order valence-electron chi connectivity index (χ1n) is 11.9. The molecule has 200 valence electrons. The number of amides is 1. The van der Waals surface area contributed by atoms with Crippen molar-refractivity contribution >= 4 is 50.6 Å². The second kappa shape index (κ2) is 14.7. The molecule has 2 unspecified atom stereocenters. The lowest BCUT2D eigenvalue weighted by Crippen LogP contribution is -2.59. The number of allylic oxidation sites excluding steroid dienone is 3. The van der Waals surface area contributed by atoms with E-state index in [9.17, 15) is 9.59 Å². The van der Waals surface area contributed by atoms with Crippen molar-refractivity contribution in [1.29, 1.82) is 0 Å². The summed E-state index contributed by atoms with van der Waals surface area (Å²) in [5, 5.41) is 15.9. The number of benzene rings is 2. The minimum Gasteiger partial charge on any atom is -0.508 e. The lowest BCUT2D eigenvalue weighted by Gasteiger charge is -2.40. The van der Waals surface area contributed by atoms with Crippen LogP contribution in [0.1, 0.15) is 37.0 Å². The summed E-state index contributed by atoms with van der Waals surface area (Å²) < 4.78 is 6.48. The molecular formula is C30H31BrClNO4S. The number of nitrogens with one attached hydrogen (secondary N) is 1. The number of ketones is 1. The molecule has 2 heterocycles. The zero-order valence-electron chi connectivity index (χ0n) is 21.5. The van der Waals surface area contributed by atoms with Crippen molar-refractivity contribution in [3.8, 4) is 5.75 Å². The topological polar surface area (TPSA) is 75.6 Å². The molecule has 0 aliphatic carbocycles. The summed E-state index contributed by atoms with van der Waals surface area (Å²) in [6, 6.07) is 16.7. The number of piperidine rings is 1. The maximum atomic E-state index is 13.0. The number of aromatic hydroxyl groups is 1. The summed E-state index contributed by atoms with van der Waals surface area (Å²) in [6.07, 6.45) is 1.67. The van der Waals surface area contributed by atoms with Crippen molar-refractivity contribution in [2.75, 3.05) is 0 Å². The average Bonchev–Trinajstić information content (AvgIpc) is 3.45. The number of Topliss-reactive ketones (excluding diaryl/α,β-unsaturated/α-hetero) is 1. The van der Waals surface area contributed by atoms with Crippen molar-refractivity contribution < 1.29 is 19.4 Å². The highest BCUT2D eigenvalue weighted by molar-refractivity contribution is 9.10. The molecule has 2 atom stereocenters. The van der Waals surface area contributed by atoms with Gasteiger partial charge in [-0.25, -0.2) is 0 Å². The molecule has 0 radical (unpaired) electrons. The van der Waals surface area contributed by atoms with Crippen LogP contribution < -0.4 is 5.32 Å². The molecular weight excluding hydrogens is 586 g/mol. The maximum Gasteiger partial charge on any atom is 0.269 e. The van der Waals surface area contributed by atoms with Crippen LogP contribution >= 0.6 is 38.9 Å². The van der Waals surface area contributed by atoms with Crippen LogP contribution in [0.4, 0.5) is 0 Å². The lowest BCUT2D eigenvalue weighted by atomic mass is 9.76. The molecule has 1 fully saturated rings. The highest BCUT2D eigenvalue weighted by Crippen LogP contribution is 2.38.